The molecule has 60 heavy (non-hydrogen) atoms. The van der Waals surface area contributed by atoms with E-state index in [4.69, 9.17) is 42.6 Å². The van der Waals surface area contributed by atoms with Crippen molar-refractivity contribution in [1.82, 2.24) is 0 Å². The van der Waals surface area contributed by atoms with Crippen LogP contribution in [0.5, 0.6) is 51.7 Å². The van der Waals surface area contributed by atoms with E-state index in [0.717, 1.165) is 13.8 Å². The Labute approximate surface area is 341 Å². The smallest absolute Gasteiger partial charge is 0.308 e. The van der Waals surface area contributed by atoms with Gasteiger partial charge in [-0.1, -0.05) is 12.1 Å². The van der Waals surface area contributed by atoms with Gasteiger partial charge in [-0.25, -0.2) is 0 Å². The first-order chi connectivity index (χ1) is 28.4. The molecule has 0 saturated heterocycles. The van der Waals surface area contributed by atoms with Gasteiger partial charge in [-0.15, -0.1) is 0 Å². The Bertz CT molecular complexity index is 2420. The van der Waals surface area contributed by atoms with E-state index in [2.05, 4.69) is 0 Å². The van der Waals surface area contributed by atoms with Gasteiger partial charge in [0.2, 0.25) is 0 Å². The van der Waals surface area contributed by atoms with Crippen molar-refractivity contribution >= 4 is 41.8 Å². The molecule has 17 heteroatoms. The minimum absolute atomic E-state index is 0.000235. The lowest BCUT2D eigenvalue weighted by atomic mass is 9.82. The van der Waals surface area contributed by atoms with Crippen LogP contribution >= 0.6 is 0 Å². The summed E-state index contributed by atoms with van der Waals surface area (Å²) in [6.07, 6.45) is -3.70. The maximum Gasteiger partial charge on any atom is 0.308 e. The van der Waals surface area contributed by atoms with Gasteiger partial charge in [0.1, 0.15) is 41.0 Å². The van der Waals surface area contributed by atoms with E-state index in [1.54, 1.807) is 6.07 Å². The zero-order chi connectivity index (χ0) is 43.6. The standard InChI is InChI=1S/C43H38O17/c1-19(44)52-29-12-28(13-30(16-29)53-20(2)45)39-40-38(59-42(39)27-9-11-34(55-22(4)47)37(15-27)58-25(7)50)18-35(56-23(5)48)31-17-32(51)41(60-43(31)40)26-8-10-33(54-21(3)46)36(14-26)57-24(6)49/h8-16,18,32,39,41-42,51H,17H2,1-7H3/t32-,39+,41+,42-/m0/s1. The highest BCUT2D eigenvalue weighted by atomic mass is 16.6. The number of fused-ring (bicyclic) bond motifs is 3. The molecule has 4 aromatic carbocycles. The minimum atomic E-state index is -1.30. The van der Waals surface area contributed by atoms with Gasteiger partial charge in [0, 0.05) is 78.1 Å². The number of aliphatic hydroxyl groups excluding tert-OH is 1. The van der Waals surface area contributed by atoms with Crippen molar-refractivity contribution in [1.29, 1.82) is 0 Å². The number of carbonyl (C=O) groups is 7. The first-order valence-corrected chi connectivity index (χ1v) is 18.3. The van der Waals surface area contributed by atoms with Crippen molar-refractivity contribution in [2.75, 3.05) is 0 Å². The minimum Gasteiger partial charge on any atom is -0.484 e. The van der Waals surface area contributed by atoms with Gasteiger partial charge in [0.05, 0.1) is 12.0 Å². The van der Waals surface area contributed by atoms with Gasteiger partial charge in [-0.3, -0.25) is 33.6 Å². The second-order valence-corrected chi connectivity index (χ2v) is 13.7. The van der Waals surface area contributed by atoms with Gasteiger partial charge in [-0.05, 0) is 53.1 Å². The fraction of sp³-hybridized carbons (Fsp3) is 0.279. The molecule has 0 saturated carbocycles. The van der Waals surface area contributed by atoms with E-state index in [1.165, 1.54) is 89.2 Å². The van der Waals surface area contributed by atoms with E-state index >= 15 is 0 Å². The Balaban J connectivity index is 1.60. The quantitative estimate of drug-likeness (QED) is 0.155. The van der Waals surface area contributed by atoms with Gasteiger partial charge in [0.25, 0.3) is 0 Å². The lowest BCUT2D eigenvalue weighted by Crippen LogP contribution is -2.31. The molecular formula is C43H38O17. The summed E-state index contributed by atoms with van der Waals surface area (Å²) in [7, 11) is 0. The van der Waals surface area contributed by atoms with E-state index in [0.29, 0.717) is 22.3 Å². The van der Waals surface area contributed by atoms with Crippen molar-refractivity contribution in [2.45, 2.75) is 79.1 Å². The zero-order valence-electron chi connectivity index (χ0n) is 33.3. The monoisotopic (exact) mass is 826 g/mol. The first kappa shape index (κ1) is 42.3. The van der Waals surface area contributed by atoms with Crippen LogP contribution in [-0.4, -0.2) is 53.0 Å². The predicted octanol–water partition coefficient (Wildman–Crippen LogP) is 5.47. The van der Waals surface area contributed by atoms with Crippen LogP contribution in [0.25, 0.3) is 0 Å². The van der Waals surface area contributed by atoms with Crippen molar-refractivity contribution in [3.05, 3.63) is 88.5 Å². The van der Waals surface area contributed by atoms with Crippen LogP contribution in [0.3, 0.4) is 0 Å². The first-order valence-electron chi connectivity index (χ1n) is 18.3. The summed E-state index contributed by atoms with van der Waals surface area (Å²) >= 11 is 0. The molecule has 0 aliphatic carbocycles. The number of hydrogen-bond acceptors (Lipinski definition) is 17. The van der Waals surface area contributed by atoms with Crippen LogP contribution in [-0.2, 0) is 40.0 Å². The number of esters is 7. The molecule has 0 bridgehead atoms. The molecule has 2 aliphatic rings. The molecule has 2 heterocycles. The molecule has 0 spiro atoms. The summed E-state index contributed by atoms with van der Waals surface area (Å²) in [6, 6.07) is 14.5. The molecule has 1 N–H and O–H groups in total. The Kier molecular flexibility index (Phi) is 12.2. The molecule has 2 aliphatic heterocycles. The highest BCUT2D eigenvalue weighted by Gasteiger charge is 2.45. The summed E-state index contributed by atoms with van der Waals surface area (Å²) in [5.74, 6) is -5.95. The largest absolute Gasteiger partial charge is 0.484 e. The molecule has 17 nitrogen and oxygen atoms in total. The van der Waals surface area contributed by atoms with Crippen molar-refractivity contribution in [3.63, 3.8) is 0 Å². The van der Waals surface area contributed by atoms with E-state index < -0.39 is 66.0 Å². The lowest BCUT2D eigenvalue weighted by Gasteiger charge is -2.34. The van der Waals surface area contributed by atoms with Crippen molar-refractivity contribution in [2.24, 2.45) is 0 Å². The van der Waals surface area contributed by atoms with Gasteiger partial charge in [-0.2, -0.15) is 0 Å². The Morgan fingerprint density at radius 3 is 1.38 bits per heavy atom. The van der Waals surface area contributed by atoms with E-state index in [9.17, 15) is 38.7 Å². The Hall–Kier alpha value is -7.27. The topological polar surface area (TPSA) is 223 Å². The number of carbonyl (C=O) groups excluding carboxylic acids is 7. The second-order valence-electron chi connectivity index (χ2n) is 13.7. The number of hydrogen-bond donors (Lipinski definition) is 1. The molecule has 0 aromatic heterocycles. The molecule has 0 unspecified atom stereocenters. The van der Waals surface area contributed by atoms with Crippen LogP contribution in [0.15, 0.2) is 60.7 Å². The number of rotatable bonds is 10. The lowest BCUT2D eigenvalue weighted by molar-refractivity contribution is -0.134. The molecule has 4 aromatic rings. The molecule has 6 rings (SSSR count). The van der Waals surface area contributed by atoms with E-state index in [-0.39, 0.29) is 63.7 Å². The number of benzene rings is 4. The number of aliphatic hydroxyl groups is 1. The Morgan fingerprint density at radius 2 is 0.917 bits per heavy atom. The van der Waals surface area contributed by atoms with Crippen LogP contribution in [0.4, 0.5) is 0 Å². The number of ether oxygens (including phenoxy) is 9. The fourth-order valence-corrected chi connectivity index (χ4v) is 6.98. The molecule has 0 amide bonds. The molecule has 0 radical (unpaired) electrons. The summed E-state index contributed by atoms with van der Waals surface area (Å²) in [5, 5.41) is 11.6. The molecule has 0 fully saturated rings. The van der Waals surface area contributed by atoms with Crippen molar-refractivity contribution < 1.29 is 81.3 Å². The van der Waals surface area contributed by atoms with Gasteiger partial charge < -0.3 is 47.7 Å². The van der Waals surface area contributed by atoms with Crippen LogP contribution < -0.4 is 42.6 Å². The van der Waals surface area contributed by atoms with Gasteiger partial charge >= 0.3 is 41.8 Å². The average molecular weight is 827 g/mol. The molecular weight excluding hydrogens is 788 g/mol. The fourth-order valence-electron chi connectivity index (χ4n) is 6.98. The highest BCUT2D eigenvalue weighted by Crippen LogP contribution is 2.59. The molecule has 4 atom stereocenters. The summed E-state index contributed by atoms with van der Waals surface area (Å²) in [4.78, 5) is 84.9. The maximum absolute atomic E-state index is 12.5. The van der Waals surface area contributed by atoms with Gasteiger partial charge in [0.15, 0.2) is 23.0 Å². The van der Waals surface area contributed by atoms with Crippen LogP contribution in [0.2, 0.25) is 0 Å². The third kappa shape index (κ3) is 9.53. The highest BCUT2D eigenvalue weighted by molar-refractivity contribution is 5.77. The SMILES string of the molecule is CC(=O)Oc1cc(OC(C)=O)cc([C@@H]2c3c(cc(OC(C)=O)c4c3O[C@H](c3ccc(OC(C)=O)c(OC(C)=O)c3)[C@@H](O)C4)O[C@H]2c2ccc(OC(C)=O)c(OC(C)=O)c2)c1. The van der Waals surface area contributed by atoms with E-state index in [1.807, 2.05) is 0 Å². The third-order valence-electron chi connectivity index (χ3n) is 8.86. The van der Waals surface area contributed by atoms with Crippen LogP contribution in [0, 0.1) is 0 Å². The third-order valence-corrected chi connectivity index (χ3v) is 8.86. The zero-order valence-corrected chi connectivity index (χ0v) is 33.3. The maximum atomic E-state index is 12.5. The summed E-state index contributed by atoms with van der Waals surface area (Å²) in [5.41, 5.74) is 1.60. The second kappa shape index (κ2) is 17.3. The average Bonchev–Trinajstić information content (AvgIpc) is 3.51. The van der Waals surface area contributed by atoms with Crippen LogP contribution in [0.1, 0.15) is 94.4 Å². The normalized spacial score (nSPS) is 17.3. The summed E-state index contributed by atoms with van der Waals surface area (Å²) in [6.45, 7) is 8.23. The Morgan fingerprint density at radius 1 is 0.483 bits per heavy atom. The molecule has 312 valence electrons. The predicted molar refractivity (Wildman–Crippen MR) is 203 cm³/mol. The van der Waals surface area contributed by atoms with Crippen molar-refractivity contribution in [3.8, 4) is 51.7 Å². The summed E-state index contributed by atoms with van der Waals surface area (Å²) < 4.78 is 51.1.